The number of alkyl carbamates (subject to hydrolysis) is 1. The van der Waals surface area contributed by atoms with Crippen molar-refractivity contribution in [3.05, 3.63) is 35.9 Å². The molecule has 0 aliphatic heterocycles. The summed E-state index contributed by atoms with van der Waals surface area (Å²) in [6, 6.07) is 8.51. The molecule has 1 aliphatic rings. The van der Waals surface area contributed by atoms with Gasteiger partial charge >= 0.3 is 6.09 Å². The molecule has 0 saturated heterocycles. The number of ether oxygens (including phenoxy) is 2. The molecule has 0 spiro atoms. The van der Waals surface area contributed by atoms with Crippen molar-refractivity contribution >= 4 is 11.9 Å². The van der Waals surface area contributed by atoms with Gasteiger partial charge in [0, 0.05) is 18.0 Å². The van der Waals surface area contributed by atoms with Gasteiger partial charge in [-0.25, -0.2) is 9.18 Å². The first-order chi connectivity index (χ1) is 11.7. The van der Waals surface area contributed by atoms with Gasteiger partial charge in [0.2, 0.25) is 0 Å². The fraction of sp³-hybridized carbons (Fsp3) is 0.579. The van der Waals surface area contributed by atoms with Crippen molar-refractivity contribution < 1.29 is 23.5 Å². The Morgan fingerprint density at radius 3 is 2.48 bits per heavy atom. The summed E-state index contributed by atoms with van der Waals surface area (Å²) in [5, 5.41) is 2.69. The summed E-state index contributed by atoms with van der Waals surface area (Å²) in [5.74, 6) is -0.165. The molecule has 2 rings (SSSR count). The highest BCUT2D eigenvalue weighted by Crippen LogP contribution is 2.25. The van der Waals surface area contributed by atoms with Crippen LogP contribution < -0.4 is 5.32 Å². The van der Waals surface area contributed by atoms with Crippen LogP contribution >= 0.6 is 0 Å². The normalized spacial score (nSPS) is 23.8. The number of benzene rings is 1. The van der Waals surface area contributed by atoms with E-state index < -0.39 is 24.0 Å². The van der Waals surface area contributed by atoms with Gasteiger partial charge in [0.25, 0.3) is 0 Å². The first-order valence-corrected chi connectivity index (χ1v) is 8.58. The molecule has 0 aromatic heterocycles. The van der Waals surface area contributed by atoms with Crippen LogP contribution in [0.4, 0.5) is 9.18 Å². The largest absolute Gasteiger partial charge is 0.444 e. The van der Waals surface area contributed by atoms with Crippen LogP contribution in [0.5, 0.6) is 0 Å². The molecule has 1 N–H and O–H groups in total. The van der Waals surface area contributed by atoms with Crippen LogP contribution in [-0.4, -0.2) is 42.4 Å². The molecule has 3 atom stereocenters. The number of ketones is 1. The summed E-state index contributed by atoms with van der Waals surface area (Å²) in [6.45, 7) is 5.19. The first-order valence-electron chi connectivity index (χ1n) is 8.58. The number of Topliss-reactive ketones (excluding diaryl/α,β-unsaturated/α-hetero) is 1. The first kappa shape index (κ1) is 19.4. The predicted molar refractivity (Wildman–Crippen MR) is 92.4 cm³/mol. The summed E-state index contributed by atoms with van der Waals surface area (Å²) in [7, 11) is 0. The molecule has 1 saturated carbocycles. The zero-order chi connectivity index (χ0) is 18.4. The lowest BCUT2D eigenvalue weighted by molar-refractivity contribution is -0.0250. The molecule has 5 nitrogen and oxygen atoms in total. The molecule has 1 amide bonds. The highest BCUT2D eigenvalue weighted by atomic mass is 19.1. The van der Waals surface area contributed by atoms with Gasteiger partial charge in [0.15, 0.2) is 5.78 Å². The highest BCUT2D eigenvalue weighted by molar-refractivity contribution is 5.97. The van der Waals surface area contributed by atoms with Gasteiger partial charge < -0.3 is 14.8 Å². The van der Waals surface area contributed by atoms with E-state index in [9.17, 15) is 14.0 Å². The molecule has 0 bridgehead atoms. The Labute approximate surface area is 147 Å². The Morgan fingerprint density at radius 2 is 1.88 bits per heavy atom. The Morgan fingerprint density at radius 1 is 1.20 bits per heavy atom. The Balaban J connectivity index is 1.76. The Kier molecular flexibility index (Phi) is 6.53. The number of hydrogen-bond donors (Lipinski definition) is 1. The van der Waals surface area contributed by atoms with E-state index in [-0.39, 0.29) is 24.9 Å². The lowest BCUT2D eigenvalue weighted by Gasteiger charge is -2.32. The second-order valence-corrected chi connectivity index (χ2v) is 7.31. The van der Waals surface area contributed by atoms with Crippen LogP contribution in [0.25, 0.3) is 0 Å². The minimum absolute atomic E-state index is 0.140. The molecular formula is C19H26FNO4. The number of amides is 1. The van der Waals surface area contributed by atoms with E-state index in [4.69, 9.17) is 9.47 Å². The molecule has 1 fully saturated rings. The van der Waals surface area contributed by atoms with Gasteiger partial charge in [-0.05, 0) is 33.6 Å². The monoisotopic (exact) mass is 351 g/mol. The molecule has 6 heteroatoms. The van der Waals surface area contributed by atoms with Gasteiger partial charge in [-0.1, -0.05) is 30.3 Å². The van der Waals surface area contributed by atoms with E-state index >= 15 is 0 Å². The van der Waals surface area contributed by atoms with Crippen molar-refractivity contribution in [1.29, 1.82) is 0 Å². The van der Waals surface area contributed by atoms with Crippen molar-refractivity contribution in [2.75, 3.05) is 6.61 Å². The quantitative estimate of drug-likeness (QED) is 0.822. The average Bonchev–Trinajstić information content (AvgIpc) is 2.52. The number of halogens is 1. The van der Waals surface area contributed by atoms with E-state index in [1.54, 1.807) is 45.0 Å². The summed E-state index contributed by atoms with van der Waals surface area (Å²) in [4.78, 5) is 23.8. The predicted octanol–water partition coefficient (Wildman–Crippen LogP) is 3.67. The zero-order valence-electron chi connectivity index (χ0n) is 15.0. The number of carbonyl (C=O) groups is 2. The van der Waals surface area contributed by atoms with Crippen LogP contribution in [0.2, 0.25) is 0 Å². The van der Waals surface area contributed by atoms with E-state index in [1.165, 1.54) is 0 Å². The van der Waals surface area contributed by atoms with Crippen molar-refractivity contribution in [1.82, 2.24) is 5.32 Å². The fourth-order valence-electron chi connectivity index (χ4n) is 2.77. The molecule has 0 radical (unpaired) electrons. The van der Waals surface area contributed by atoms with Crippen LogP contribution in [-0.2, 0) is 9.47 Å². The van der Waals surface area contributed by atoms with Gasteiger partial charge in [-0.3, -0.25) is 4.79 Å². The molecule has 25 heavy (non-hydrogen) atoms. The summed E-state index contributed by atoms with van der Waals surface area (Å²) >= 11 is 0. The van der Waals surface area contributed by atoms with Crippen LogP contribution in [0.1, 0.15) is 50.4 Å². The third-order valence-corrected chi connectivity index (χ3v) is 3.96. The molecule has 138 valence electrons. The van der Waals surface area contributed by atoms with Crippen molar-refractivity contribution in [2.24, 2.45) is 0 Å². The second kappa shape index (κ2) is 8.43. The third kappa shape index (κ3) is 6.46. The minimum atomic E-state index is -1.22. The van der Waals surface area contributed by atoms with Crippen LogP contribution in [0.3, 0.4) is 0 Å². The van der Waals surface area contributed by atoms with E-state index in [2.05, 4.69) is 5.32 Å². The molecule has 1 aromatic carbocycles. The lowest BCUT2D eigenvalue weighted by Crippen LogP contribution is -2.46. The molecule has 0 heterocycles. The van der Waals surface area contributed by atoms with Gasteiger partial charge in [-0.15, -0.1) is 0 Å². The maximum atomic E-state index is 14.3. The van der Waals surface area contributed by atoms with E-state index in [0.717, 1.165) is 0 Å². The van der Waals surface area contributed by atoms with E-state index in [1.807, 2.05) is 6.07 Å². The molecule has 1 aromatic rings. The zero-order valence-corrected chi connectivity index (χ0v) is 15.0. The number of hydrogen-bond acceptors (Lipinski definition) is 4. The summed E-state index contributed by atoms with van der Waals surface area (Å²) in [6.07, 6.45) is -1.19. The Hall–Kier alpha value is -1.95. The van der Waals surface area contributed by atoms with Gasteiger partial charge in [-0.2, -0.15) is 0 Å². The minimum Gasteiger partial charge on any atom is -0.444 e. The Bertz CT molecular complexity index is 585. The SMILES string of the molecule is CC(C)(C)OC(=O)N[C@H]1CC[C@H](OCC(=O)c2ccccc2)[C@@H](F)C1. The number of alkyl halides is 1. The lowest BCUT2D eigenvalue weighted by atomic mass is 9.91. The van der Waals surface area contributed by atoms with Gasteiger partial charge in [0.05, 0.1) is 6.10 Å². The third-order valence-electron chi connectivity index (χ3n) is 3.96. The molecular weight excluding hydrogens is 325 g/mol. The van der Waals surface area contributed by atoms with Crippen LogP contribution in [0, 0.1) is 0 Å². The summed E-state index contributed by atoms with van der Waals surface area (Å²) in [5.41, 5.74) is -0.0321. The molecule has 0 unspecified atom stereocenters. The van der Waals surface area contributed by atoms with Crippen molar-refractivity contribution in [2.45, 2.75) is 64.0 Å². The average molecular weight is 351 g/mol. The van der Waals surface area contributed by atoms with Gasteiger partial charge in [0.1, 0.15) is 18.4 Å². The maximum absolute atomic E-state index is 14.3. The second-order valence-electron chi connectivity index (χ2n) is 7.31. The number of nitrogens with one attached hydrogen (secondary N) is 1. The smallest absolute Gasteiger partial charge is 0.407 e. The summed E-state index contributed by atoms with van der Waals surface area (Å²) < 4.78 is 25.0. The molecule has 1 aliphatic carbocycles. The topological polar surface area (TPSA) is 64.6 Å². The standard InChI is InChI=1S/C19H26FNO4/c1-19(2,3)25-18(23)21-14-9-10-17(15(20)11-14)24-12-16(22)13-7-5-4-6-8-13/h4-8,14-15,17H,9-12H2,1-3H3,(H,21,23)/t14-,15-,17-/m0/s1. The van der Waals surface area contributed by atoms with Crippen LogP contribution in [0.15, 0.2) is 30.3 Å². The highest BCUT2D eigenvalue weighted by Gasteiger charge is 2.33. The van der Waals surface area contributed by atoms with E-state index in [0.29, 0.717) is 18.4 Å². The number of carbonyl (C=O) groups excluding carboxylic acids is 2. The maximum Gasteiger partial charge on any atom is 0.407 e. The van der Waals surface area contributed by atoms with Crippen molar-refractivity contribution in [3.63, 3.8) is 0 Å². The van der Waals surface area contributed by atoms with Crippen molar-refractivity contribution in [3.8, 4) is 0 Å². The fourth-order valence-corrected chi connectivity index (χ4v) is 2.77. The number of rotatable bonds is 5.